The molecule has 0 fully saturated rings. The number of nitrogens with one attached hydrogen (secondary N) is 1. The molecule has 3 rings (SSSR count). The maximum absolute atomic E-state index is 11.9. The minimum atomic E-state index is -3.32. The Hall–Kier alpha value is -2.94. The van der Waals surface area contributed by atoms with E-state index < -0.39 is 10.0 Å². The van der Waals surface area contributed by atoms with Gasteiger partial charge in [0, 0.05) is 17.4 Å². The van der Waals surface area contributed by atoms with Crippen LogP contribution in [0, 0.1) is 13.8 Å². The van der Waals surface area contributed by atoms with Crippen molar-refractivity contribution in [3.8, 4) is 17.4 Å². The van der Waals surface area contributed by atoms with Gasteiger partial charge in [-0.2, -0.15) is 5.10 Å². The molecule has 0 aliphatic heterocycles. The summed E-state index contributed by atoms with van der Waals surface area (Å²) in [5.41, 5.74) is 2.37. The van der Waals surface area contributed by atoms with Crippen molar-refractivity contribution in [2.75, 3.05) is 10.5 Å². The molecule has 3 aromatic rings. The van der Waals surface area contributed by atoms with Gasteiger partial charge in [-0.3, -0.25) is 4.72 Å². The highest BCUT2D eigenvalue weighted by Gasteiger charge is 2.10. The van der Waals surface area contributed by atoms with E-state index in [2.05, 4.69) is 20.0 Å². The van der Waals surface area contributed by atoms with Gasteiger partial charge in [0.1, 0.15) is 5.75 Å². The molecule has 0 atom stereocenters. The van der Waals surface area contributed by atoms with Crippen LogP contribution in [-0.4, -0.2) is 34.1 Å². The van der Waals surface area contributed by atoms with Crippen molar-refractivity contribution in [2.45, 2.75) is 33.6 Å². The fourth-order valence-corrected chi connectivity index (χ4v) is 3.88. The van der Waals surface area contributed by atoms with E-state index in [9.17, 15) is 8.42 Å². The highest BCUT2D eigenvalue weighted by Crippen LogP contribution is 2.22. The van der Waals surface area contributed by atoms with Gasteiger partial charge in [-0.05, 0) is 56.7 Å². The molecule has 0 amide bonds. The van der Waals surface area contributed by atoms with E-state index in [1.165, 1.54) is 0 Å². The maximum atomic E-state index is 11.9. The molecule has 148 valence electrons. The lowest BCUT2D eigenvalue weighted by molar-refractivity contribution is 0.454. The van der Waals surface area contributed by atoms with Gasteiger partial charge < -0.3 is 4.74 Å². The molecule has 2 heterocycles. The number of benzene rings is 1. The Labute approximate surface area is 164 Å². The topological polar surface area (TPSA) is 99.0 Å². The van der Waals surface area contributed by atoms with Gasteiger partial charge in [0.2, 0.25) is 15.9 Å². The molecule has 1 N–H and O–H groups in total. The number of hydrogen-bond acceptors (Lipinski definition) is 6. The first kappa shape index (κ1) is 19.8. The number of aryl methyl sites for hydroxylation is 2. The van der Waals surface area contributed by atoms with Crippen molar-refractivity contribution in [3.05, 3.63) is 53.9 Å². The van der Waals surface area contributed by atoms with Crippen molar-refractivity contribution in [1.82, 2.24) is 20.0 Å². The summed E-state index contributed by atoms with van der Waals surface area (Å²) in [7, 11) is -3.32. The van der Waals surface area contributed by atoms with Crippen molar-refractivity contribution >= 4 is 15.7 Å². The Morgan fingerprint density at radius 2 is 1.82 bits per heavy atom. The maximum Gasteiger partial charge on any atom is 0.238 e. The van der Waals surface area contributed by atoms with Crippen LogP contribution < -0.4 is 9.46 Å². The molecule has 2 aromatic heterocycles. The minimum Gasteiger partial charge on any atom is -0.438 e. The molecule has 0 saturated carbocycles. The number of rotatable bonds is 8. The summed E-state index contributed by atoms with van der Waals surface area (Å²) < 4.78 is 33.8. The van der Waals surface area contributed by atoms with Gasteiger partial charge in [-0.15, -0.1) is 10.2 Å². The first-order valence-electron chi connectivity index (χ1n) is 9.02. The van der Waals surface area contributed by atoms with Crippen molar-refractivity contribution in [1.29, 1.82) is 0 Å². The zero-order chi connectivity index (χ0) is 20.1. The van der Waals surface area contributed by atoms with Crippen LogP contribution in [0.4, 0.5) is 5.69 Å². The van der Waals surface area contributed by atoms with Gasteiger partial charge in [-0.25, -0.2) is 13.1 Å². The average Bonchev–Trinajstić information content (AvgIpc) is 3.00. The quantitative estimate of drug-likeness (QED) is 0.619. The molecule has 0 aliphatic rings. The Morgan fingerprint density at radius 3 is 2.39 bits per heavy atom. The largest absolute Gasteiger partial charge is 0.438 e. The second-order valence-corrected chi connectivity index (χ2v) is 8.31. The standard InChI is InChI=1S/C19H23N5O3S/c1-4-5-12-28(25,26)23-16-6-8-17(9-7-16)27-19-11-10-18(20-21-19)24-15(3)13-14(2)22-24/h6-11,13,23H,4-5,12H2,1-3H3. The predicted octanol–water partition coefficient (Wildman–Crippen LogP) is 3.61. The van der Waals surface area contributed by atoms with E-state index in [1.807, 2.05) is 26.8 Å². The monoisotopic (exact) mass is 401 g/mol. The van der Waals surface area contributed by atoms with Crippen LogP contribution in [0.5, 0.6) is 11.6 Å². The zero-order valence-electron chi connectivity index (χ0n) is 16.1. The highest BCUT2D eigenvalue weighted by molar-refractivity contribution is 7.92. The van der Waals surface area contributed by atoms with Gasteiger partial charge in [0.25, 0.3) is 0 Å². The lowest BCUT2D eigenvalue weighted by atomic mass is 10.3. The van der Waals surface area contributed by atoms with E-state index in [-0.39, 0.29) is 5.75 Å². The molecule has 9 heteroatoms. The smallest absolute Gasteiger partial charge is 0.238 e. The summed E-state index contributed by atoms with van der Waals surface area (Å²) in [5.74, 6) is 1.58. The summed E-state index contributed by atoms with van der Waals surface area (Å²) in [6.07, 6.45) is 1.45. The number of unbranched alkanes of at least 4 members (excludes halogenated alkanes) is 1. The van der Waals surface area contributed by atoms with Gasteiger partial charge in [0.05, 0.1) is 11.4 Å². The molecule has 0 bridgehead atoms. The minimum absolute atomic E-state index is 0.110. The fourth-order valence-electron chi connectivity index (χ4n) is 2.62. The average molecular weight is 401 g/mol. The molecule has 0 saturated heterocycles. The van der Waals surface area contributed by atoms with Crippen LogP contribution in [0.1, 0.15) is 31.2 Å². The first-order chi connectivity index (χ1) is 13.4. The van der Waals surface area contributed by atoms with Crippen LogP contribution >= 0.6 is 0 Å². The van der Waals surface area contributed by atoms with Crippen LogP contribution in [0.2, 0.25) is 0 Å². The van der Waals surface area contributed by atoms with Crippen LogP contribution in [-0.2, 0) is 10.0 Å². The second-order valence-electron chi connectivity index (χ2n) is 6.47. The molecule has 0 unspecified atom stereocenters. The molecule has 0 radical (unpaired) electrons. The first-order valence-corrected chi connectivity index (χ1v) is 10.7. The third kappa shape index (κ3) is 5.07. The summed E-state index contributed by atoms with van der Waals surface area (Å²) in [4.78, 5) is 0. The highest BCUT2D eigenvalue weighted by atomic mass is 32.2. The number of sulfonamides is 1. The van der Waals surface area contributed by atoms with E-state index in [0.29, 0.717) is 29.6 Å². The Bertz CT molecular complexity index is 1030. The van der Waals surface area contributed by atoms with E-state index in [4.69, 9.17) is 4.74 Å². The Kier molecular flexibility index (Phi) is 5.93. The van der Waals surface area contributed by atoms with Gasteiger partial charge >= 0.3 is 0 Å². The molecule has 8 nitrogen and oxygen atoms in total. The lowest BCUT2D eigenvalue weighted by Crippen LogP contribution is -2.16. The molecule has 28 heavy (non-hydrogen) atoms. The molecule has 0 aliphatic carbocycles. The molecule has 0 spiro atoms. The zero-order valence-corrected chi connectivity index (χ0v) is 16.9. The van der Waals surface area contributed by atoms with Crippen LogP contribution in [0.3, 0.4) is 0 Å². The van der Waals surface area contributed by atoms with Crippen molar-refractivity contribution in [3.63, 3.8) is 0 Å². The Morgan fingerprint density at radius 1 is 1.07 bits per heavy atom. The van der Waals surface area contributed by atoms with Gasteiger partial charge in [-0.1, -0.05) is 13.3 Å². The van der Waals surface area contributed by atoms with E-state index in [0.717, 1.165) is 17.8 Å². The summed E-state index contributed by atoms with van der Waals surface area (Å²) >= 11 is 0. The normalized spacial score (nSPS) is 11.4. The van der Waals surface area contributed by atoms with Crippen molar-refractivity contribution < 1.29 is 13.2 Å². The SMILES string of the molecule is CCCCS(=O)(=O)Nc1ccc(Oc2ccc(-n3nc(C)cc3C)nn2)cc1. The summed E-state index contributed by atoms with van der Waals surface area (Å²) in [6, 6.07) is 12.1. The molecular formula is C19H23N5O3S. The van der Waals surface area contributed by atoms with E-state index >= 15 is 0 Å². The van der Waals surface area contributed by atoms with E-state index in [1.54, 1.807) is 41.1 Å². The Balaban J connectivity index is 1.65. The second kappa shape index (κ2) is 8.39. The summed E-state index contributed by atoms with van der Waals surface area (Å²) in [6.45, 7) is 5.82. The third-order valence-corrected chi connectivity index (χ3v) is 5.34. The molecule has 1 aromatic carbocycles. The number of hydrogen-bond donors (Lipinski definition) is 1. The number of anilines is 1. The van der Waals surface area contributed by atoms with Crippen molar-refractivity contribution in [2.24, 2.45) is 0 Å². The lowest BCUT2D eigenvalue weighted by Gasteiger charge is -2.09. The molecular weight excluding hydrogens is 378 g/mol. The van der Waals surface area contributed by atoms with Gasteiger partial charge in [0.15, 0.2) is 5.82 Å². The third-order valence-electron chi connectivity index (χ3n) is 3.97. The summed E-state index contributed by atoms with van der Waals surface area (Å²) in [5, 5.41) is 12.6. The number of nitrogens with zero attached hydrogens (tertiary/aromatic N) is 4. The van der Waals surface area contributed by atoms with Crippen LogP contribution in [0.15, 0.2) is 42.5 Å². The fraction of sp³-hybridized carbons (Fsp3) is 0.316. The predicted molar refractivity (Wildman–Crippen MR) is 107 cm³/mol. The van der Waals surface area contributed by atoms with Crippen LogP contribution in [0.25, 0.3) is 5.82 Å². The number of aromatic nitrogens is 4. The number of ether oxygens (including phenoxy) is 1.